The van der Waals surface area contributed by atoms with Crippen molar-refractivity contribution >= 4 is 9.84 Å². The minimum atomic E-state index is -3.30. The maximum absolute atomic E-state index is 12.1. The van der Waals surface area contributed by atoms with Crippen LogP contribution >= 0.6 is 0 Å². The lowest BCUT2D eigenvalue weighted by Crippen LogP contribution is -2.15. The molecule has 0 unspecified atom stereocenters. The molecule has 3 nitrogen and oxygen atoms in total. The molecular weight excluding hydrogens is 284 g/mol. The minimum absolute atomic E-state index is 0.0209. The van der Waals surface area contributed by atoms with Crippen LogP contribution in [0.1, 0.15) is 18.4 Å². The molecule has 0 aromatic heterocycles. The fourth-order valence-corrected chi connectivity index (χ4v) is 3.55. The van der Waals surface area contributed by atoms with E-state index in [2.05, 4.69) is 0 Å². The Labute approximate surface area is 126 Å². The van der Waals surface area contributed by atoms with Crippen molar-refractivity contribution in [2.24, 2.45) is 0 Å². The Morgan fingerprint density at radius 2 is 1.43 bits per heavy atom. The van der Waals surface area contributed by atoms with Crippen LogP contribution in [0.15, 0.2) is 65.6 Å². The fraction of sp³-hybridized carbons (Fsp3) is 0.294. The van der Waals surface area contributed by atoms with Crippen LogP contribution < -0.4 is 0 Å². The molecular formula is C17H20O3S. The van der Waals surface area contributed by atoms with Gasteiger partial charge in [0.05, 0.1) is 16.8 Å². The van der Waals surface area contributed by atoms with E-state index in [0.29, 0.717) is 11.3 Å². The number of aliphatic hydroxyl groups is 1. The van der Waals surface area contributed by atoms with Crippen molar-refractivity contribution in [3.05, 3.63) is 66.2 Å². The third-order valence-corrected chi connectivity index (χ3v) is 5.19. The molecule has 2 aromatic rings. The first-order valence-corrected chi connectivity index (χ1v) is 8.73. The Balaban J connectivity index is 1.82. The molecule has 0 aliphatic heterocycles. The molecule has 4 heteroatoms. The summed E-state index contributed by atoms with van der Waals surface area (Å²) in [5.74, 6) is -0.0209. The molecule has 0 heterocycles. The van der Waals surface area contributed by atoms with Crippen LogP contribution in [0, 0.1) is 0 Å². The fourth-order valence-electron chi connectivity index (χ4n) is 2.16. The Morgan fingerprint density at radius 1 is 0.857 bits per heavy atom. The third-order valence-electron chi connectivity index (χ3n) is 3.43. The van der Waals surface area contributed by atoms with Gasteiger partial charge in [0.25, 0.3) is 0 Å². The van der Waals surface area contributed by atoms with Gasteiger partial charge in [-0.3, -0.25) is 0 Å². The second kappa shape index (κ2) is 7.38. The largest absolute Gasteiger partial charge is 0.393 e. The summed E-state index contributed by atoms with van der Waals surface area (Å²) in [6.45, 7) is 0. The molecule has 0 saturated heterocycles. The van der Waals surface area contributed by atoms with Crippen molar-refractivity contribution in [1.29, 1.82) is 0 Å². The summed E-state index contributed by atoms with van der Waals surface area (Å²) in [6, 6.07) is 18.3. The van der Waals surface area contributed by atoms with Crippen LogP contribution in [0.4, 0.5) is 0 Å². The topological polar surface area (TPSA) is 54.4 Å². The van der Waals surface area contributed by atoms with Gasteiger partial charge in [-0.1, -0.05) is 48.5 Å². The maximum atomic E-state index is 12.1. The highest BCUT2D eigenvalue weighted by atomic mass is 32.2. The van der Waals surface area contributed by atoms with Gasteiger partial charge < -0.3 is 5.11 Å². The van der Waals surface area contributed by atoms with Crippen LogP contribution in [0.5, 0.6) is 0 Å². The molecule has 0 radical (unpaired) electrons. The third kappa shape index (κ3) is 4.99. The summed E-state index contributed by atoms with van der Waals surface area (Å²) < 4.78 is 24.2. The highest BCUT2D eigenvalue weighted by Crippen LogP contribution is 2.14. The first kappa shape index (κ1) is 15.7. The summed E-state index contributed by atoms with van der Waals surface area (Å²) in [5, 5.41) is 9.96. The lowest BCUT2D eigenvalue weighted by Gasteiger charge is -2.11. The van der Waals surface area contributed by atoms with Crippen LogP contribution in [-0.2, 0) is 16.3 Å². The molecule has 21 heavy (non-hydrogen) atoms. The Bertz CT molecular complexity index is 636. The van der Waals surface area contributed by atoms with Gasteiger partial charge in [-0.2, -0.15) is 0 Å². The van der Waals surface area contributed by atoms with Crippen LogP contribution in [0.3, 0.4) is 0 Å². The molecule has 112 valence electrons. The second-order valence-electron chi connectivity index (χ2n) is 5.10. The average Bonchev–Trinajstić information content (AvgIpc) is 2.53. The predicted molar refractivity (Wildman–Crippen MR) is 83.9 cm³/mol. The lowest BCUT2D eigenvalue weighted by atomic mass is 10.1. The summed E-state index contributed by atoms with van der Waals surface area (Å²) in [4.78, 5) is 0.320. The van der Waals surface area contributed by atoms with Crippen LogP contribution in [0.25, 0.3) is 0 Å². The van der Waals surface area contributed by atoms with E-state index in [0.717, 1.165) is 12.0 Å². The Kier molecular flexibility index (Phi) is 5.53. The van der Waals surface area contributed by atoms with Crippen molar-refractivity contribution in [2.75, 3.05) is 5.75 Å². The molecule has 2 aromatic carbocycles. The summed E-state index contributed by atoms with van der Waals surface area (Å²) in [7, 11) is -3.30. The smallest absolute Gasteiger partial charge is 0.178 e. The van der Waals surface area contributed by atoms with Gasteiger partial charge in [-0.05, 0) is 37.0 Å². The molecule has 2 rings (SSSR count). The van der Waals surface area contributed by atoms with Gasteiger partial charge in [0.2, 0.25) is 0 Å². The number of hydrogen-bond donors (Lipinski definition) is 1. The molecule has 0 saturated carbocycles. The van der Waals surface area contributed by atoms with E-state index in [1.54, 1.807) is 30.3 Å². The van der Waals surface area contributed by atoms with E-state index in [9.17, 15) is 13.5 Å². The number of benzene rings is 2. The van der Waals surface area contributed by atoms with Crippen LogP contribution in [0.2, 0.25) is 0 Å². The lowest BCUT2D eigenvalue weighted by molar-refractivity contribution is 0.161. The van der Waals surface area contributed by atoms with E-state index in [4.69, 9.17) is 0 Å². The van der Waals surface area contributed by atoms with Gasteiger partial charge in [-0.25, -0.2) is 8.42 Å². The van der Waals surface area contributed by atoms with E-state index >= 15 is 0 Å². The quantitative estimate of drug-likeness (QED) is 0.856. The number of aliphatic hydroxyl groups excluding tert-OH is 1. The van der Waals surface area contributed by atoms with Crippen LogP contribution in [-0.4, -0.2) is 25.4 Å². The van der Waals surface area contributed by atoms with Crippen molar-refractivity contribution in [3.8, 4) is 0 Å². The monoisotopic (exact) mass is 304 g/mol. The summed E-state index contributed by atoms with van der Waals surface area (Å²) in [6.07, 6.45) is 1.01. The van der Waals surface area contributed by atoms with Crippen molar-refractivity contribution in [3.63, 3.8) is 0 Å². The molecule has 0 fully saturated rings. The SMILES string of the molecule is O=S(=O)(CC[C@@H](O)CCc1ccccc1)c1ccccc1. The van der Waals surface area contributed by atoms with Crippen molar-refractivity contribution in [1.82, 2.24) is 0 Å². The Hall–Kier alpha value is -1.65. The number of rotatable bonds is 7. The van der Waals surface area contributed by atoms with Crippen molar-refractivity contribution < 1.29 is 13.5 Å². The van der Waals surface area contributed by atoms with Gasteiger partial charge in [0, 0.05) is 0 Å². The van der Waals surface area contributed by atoms with E-state index in [-0.39, 0.29) is 12.2 Å². The van der Waals surface area contributed by atoms with E-state index in [1.165, 1.54) is 0 Å². The maximum Gasteiger partial charge on any atom is 0.178 e. The second-order valence-corrected chi connectivity index (χ2v) is 7.21. The number of aryl methyl sites for hydroxylation is 1. The highest BCUT2D eigenvalue weighted by molar-refractivity contribution is 7.91. The Morgan fingerprint density at radius 3 is 2.05 bits per heavy atom. The normalized spacial score (nSPS) is 13.0. The molecule has 0 amide bonds. The van der Waals surface area contributed by atoms with Crippen molar-refractivity contribution in [2.45, 2.75) is 30.3 Å². The predicted octanol–water partition coefficient (Wildman–Crippen LogP) is 2.84. The summed E-state index contributed by atoms with van der Waals surface area (Å²) in [5.41, 5.74) is 1.16. The molecule has 0 aliphatic rings. The molecule has 0 spiro atoms. The van der Waals surface area contributed by atoms with Gasteiger partial charge in [-0.15, -0.1) is 0 Å². The zero-order chi connectivity index (χ0) is 15.1. The summed E-state index contributed by atoms with van der Waals surface area (Å²) >= 11 is 0. The standard InChI is InChI=1S/C17H20O3S/c18-16(12-11-15-7-3-1-4-8-15)13-14-21(19,20)17-9-5-2-6-10-17/h1-10,16,18H,11-14H2/t16-/m0/s1. The van der Waals surface area contributed by atoms with Gasteiger partial charge in [0.1, 0.15) is 0 Å². The van der Waals surface area contributed by atoms with E-state index < -0.39 is 15.9 Å². The molecule has 0 bridgehead atoms. The number of sulfone groups is 1. The first-order valence-electron chi connectivity index (χ1n) is 7.08. The molecule has 1 atom stereocenters. The number of hydrogen-bond acceptors (Lipinski definition) is 3. The zero-order valence-electron chi connectivity index (χ0n) is 11.9. The molecule has 0 aliphatic carbocycles. The van der Waals surface area contributed by atoms with E-state index in [1.807, 2.05) is 30.3 Å². The minimum Gasteiger partial charge on any atom is -0.393 e. The van der Waals surface area contributed by atoms with Gasteiger partial charge in [0.15, 0.2) is 9.84 Å². The van der Waals surface area contributed by atoms with Gasteiger partial charge >= 0.3 is 0 Å². The molecule has 1 N–H and O–H groups in total. The average molecular weight is 304 g/mol. The first-order chi connectivity index (χ1) is 10.1. The zero-order valence-corrected chi connectivity index (χ0v) is 12.7. The highest BCUT2D eigenvalue weighted by Gasteiger charge is 2.16.